The average Bonchev–Trinajstić information content (AvgIpc) is 2.77. The first kappa shape index (κ1) is 19.4. The van der Waals surface area contributed by atoms with Crippen molar-refractivity contribution in [2.45, 2.75) is 19.4 Å². The second-order valence-electron chi connectivity index (χ2n) is 7.02. The first-order valence-electron chi connectivity index (χ1n) is 9.77. The van der Waals surface area contributed by atoms with Crippen molar-refractivity contribution in [3.05, 3.63) is 90.3 Å². The molecule has 2 heterocycles. The number of amides is 1. The van der Waals surface area contributed by atoms with Crippen molar-refractivity contribution in [2.75, 3.05) is 0 Å². The molecule has 6 nitrogen and oxygen atoms in total. The van der Waals surface area contributed by atoms with E-state index in [0.29, 0.717) is 23.0 Å². The van der Waals surface area contributed by atoms with Gasteiger partial charge in [-0.2, -0.15) is 0 Å². The summed E-state index contributed by atoms with van der Waals surface area (Å²) in [5.41, 5.74) is 2.66. The molecule has 3 N–H and O–H groups in total. The second-order valence-corrected chi connectivity index (χ2v) is 7.02. The predicted molar refractivity (Wildman–Crippen MR) is 113 cm³/mol. The van der Waals surface area contributed by atoms with Crippen LogP contribution in [-0.4, -0.2) is 21.2 Å². The molecule has 2 aromatic carbocycles. The minimum Gasteiger partial charge on any atom is -0.505 e. The van der Waals surface area contributed by atoms with Crippen molar-refractivity contribution in [1.29, 1.82) is 0 Å². The van der Waals surface area contributed by atoms with Crippen molar-refractivity contribution < 1.29 is 19.8 Å². The fraction of sp³-hybridized carbons (Fsp3) is 0.125. The summed E-state index contributed by atoms with van der Waals surface area (Å²) in [6.45, 7) is 1.94. The summed E-state index contributed by atoms with van der Waals surface area (Å²) in [7, 11) is 0. The molecule has 1 amide bonds. The van der Waals surface area contributed by atoms with Gasteiger partial charge < -0.3 is 10.4 Å². The van der Waals surface area contributed by atoms with Gasteiger partial charge in [0.15, 0.2) is 5.75 Å². The monoisotopic (exact) mass is 400 g/mol. The molecule has 30 heavy (non-hydrogen) atoms. The Balaban J connectivity index is 1.81. The van der Waals surface area contributed by atoms with E-state index in [9.17, 15) is 15.1 Å². The quantitative estimate of drug-likeness (QED) is 0.349. The Labute approximate surface area is 174 Å². The topological polar surface area (TPSA) is 86.3 Å². The minimum absolute atomic E-state index is 0.155. The number of aromatic nitrogens is 2. The lowest BCUT2D eigenvalue weighted by Gasteiger charge is -2.18. The summed E-state index contributed by atoms with van der Waals surface area (Å²) in [5, 5.41) is 24.3. The van der Waals surface area contributed by atoms with Gasteiger partial charge in [0.1, 0.15) is 5.69 Å². The number of hydrogen-bond donors (Lipinski definition) is 3. The zero-order valence-corrected chi connectivity index (χ0v) is 16.5. The number of aromatic hydroxyl groups is 1. The number of carbonyl (C=O) groups excluding carboxylic acids is 1. The molecule has 4 aromatic rings. The van der Waals surface area contributed by atoms with Crippen molar-refractivity contribution >= 4 is 16.8 Å². The molecule has 2 aromatic heterocycles. The normalized spacial score (nSPS) is 11.9. The molecule has 0 aliphatic heterocycles. The average molecular weight is 400 g/mol. The summed E-state index contributed by atoms with van der Waals surface area (Å²) in [6, 6.07) is 19.8. The maximum atomic E-state index is 13.3. The zero-order valence-electron chi connectivity index (χ0n) is 16.5. The molecule has 0 spiro atoms. The van der Waals surface area contributed by atoms with Gasteiger partial charge in [-0.15, -0.1) is 0 Å². The number of fused-ring (bicyclic) bond motifs is 1. The SMILES string of the molecule is CCC(NC(=O)c1c(O)c(-c2ccccc2)nc2ccccc12)c1ccc[n+](O)c1. The largest absolute Gasteiger partial charge is 0.505 e. The van der Waals surface area contributed by atoms with Crippen LogP contribution in [0.4, 0.5) is 0 Å². The van der Waals surface area contributed by atoms with Gasteiger partial charge in [-0.1, -0.05) is 55.5 Å². The van der Waals surface area contributed by atoms with E-state index >= 15 is 0 Å². The Morgan fingerprint density at radius 1 is 1.07 bits per heavy atom. The second kappa shape index (κ2) is 8.21. The number of benzene rings is 2. The zero-order chi connectivity index (χ0) is 21.1. The minimum atomic E-state index is -0.400. The van der Waals surface area contributed by atoms with Crippen LogP contribution in [0.25, 0.3) is 22.2 Å². The van der Waals surface area contributed by atoms with E-state index in [1.807, 2.05) is 61.5 Å². The number of nitrogens with zero attached hydrogens (tertiary/aromatic N) is 2. The maximum Gasteiger partial charge on any atom is 0.256 e. The highest BCUT2D eigenvalue weighted by atomic mass is 16.5. The Hall–Kier alpha value is -3.93. The molecular weight excluding hydrogens is 378 g/mol. The van der Waals surface area contributed by atoms with Gasteiger partial charge in [-0.25, -0.2) is 4.98 Å². The van der Waals surface area contributed by atoms with Crippen LogP contribution in [0.5, 0.6) is 5.75 Å². The molecule has 0 saturated heterocycles. The highest BCUT2D eigenvalue weighted by molar-refractivity contribution is 6.10. The lowest BCUT2D eigenvalue weighted by Crippen LogP contribution is -2.33. The predicted octanol–water partition coefficient (Wildman–Crippen LogP) is 4.01. The first-order chi connectivity index (χ1) is 14.6. The van der Waals surface area contributed by atoms with Crippen LogP contribution in [0.3, 0.4) is 0 Å². The fourth-order valence-electron chi connectivity index (χ4n) is 3.57. The van der Waals surface area contributed by atoms with Crippen LogP contribution < -0.4 is 10.0 Å². The van der Waals surface area contributed by atoms with E-state index in [4.69, 9.17) is 0 Å². The molecular formula is C24H22N3O3+. The third-order valence-corrected chi connectivity index (χ3v) is 5.07. The van der Waals surface area contributed by atoms with E-state index in [1.54, 1.807) is 18.3 Å². The van der Waals surface area contributed by atoms with E-state index in [0.717, 1.165) is 15.9 Å². The van der Waals surface area contributed by atoms with E-state index in [1.165, 1.54) is 6.20 Å². The number of pyridine rings is 2. The summed E-state index contributed by atoms with van der Waals surface area (Å²) in [5.74, 6) is -0.555. The van der Waals surface area contributed by atoms with Gasteiger partial charge in [-0.3, -0.25) is 10.0 Å². The molecule has 1 atom stereocenters. The Morgan fingerprint density at radius 3 is 2.53 bits per heavy atom. The molecule has 0 aliphatic rings. The van der Waals surface area contributed by atoms with Crippen molar-refractivity contribution in [3.8, 4) is 17.0 Å². The maximum absolute atomic E-state index is 13.3. The van der Waals surface area contributed by atoms with Crippen LogP contribution in [-0.2, 0) is 0 Å². The van der Waals surface area contributed by atoms with Crippen LogP contribution in [0.2, 0.25) is 0 Å². The number of para-hydroxylation sites is 1. The number of rotatable bonds is 5. The van der Waals surface area contributed by atoms with Gasteiger partial charge in [0.2, 0.25) is 12.4 Å². The van der Waals surface area contributed by atoms with Crippen molar-refractivity contribution in [1.82, 2.24) is 10.3 Å². The van der Waals surface area contributed by atoms with Gasteiger partial charge in [-0.05, 0) is 18.6 Å². The Kier molecular flexibility index (Phi) is 5.30. The lowest BCUT2D eigenvalue weighted by molar-refractivity contribution is -0.905. The van der Waals surface area contributed by atoms with Crippen LogP contribution in [0.1, 0.15) is 35.3 Å². The molecule has 1 unspecified atom stereocenters. The lowest BCUT2D eigenvalue weighted by atomic mass is 10.0. The van der Waals surface area contributed by atoms with E-state index in [2.05, 4.69) is 10.3 Å². The van der Waals surface area contributed by atoms with E-state index in [-0.39, 0.29) is 17.4 Å². The van der Waals surface area contributed by atoms with Crippen molar-refractivity contribution in [3.63, 3.8) is 0 Å². The molecule has 0 fully saturated rings. The number of nitrogens with one attached hydrogen (secondary N) is 1. The third kappa shape index (κ3) is 3.67. The summed E-state index contributed by atoms with van der Waals surface area (Å²) < 4.78 is 0.955. The van der Waals surface area contributed by atoms with Crippen LogP contribution in [0.15, 0.2) is 79.1 Å². The Bertz CT molecular complexity index is 1210. The standard InChI is InChI=1S/C24H21N3O3/c1-2-19(17-11-8-14-27(30)15-17)26-24(29)21-18-12-6-7-13-20(18)25-22(23(21)28)16-9-4-3-5-10-16/h3-15,19H,2H2,1H3,(H2-,26,28,29,30)/p+1. The van der Waals surface area contributed by atoms with Gasteiger partial charge in [0, 0.05) is 27.3 Å². The van der Waals surface area contributed by atoms with Crippen LogP contribution >= 0.6 is 0 Å². The summed E-state index contributed by atoms with van der Waals surface area (Å²) in [6.07, 6.45) is 3.67. The van der Waals surface area contributed by atoms with Crippen LogP contribution in [0, 0.1) is 0 Å². The fourth-order valence-corrected chi connectivity index (χ4v) is 3.57. The molecule has 4 rings (SSSR count). The molecule has 0 bridgehead atoms. The molecule has 0 radical (unpaired) electrons. The molecule has 150 valence electrons. The third-order valence-electron chi connectivity index (χ3n) is 5.07. The molecule has 0 saturated carbocycles. The highest BCUT2D eigenvalue weighted by Gasteiger charge is 2.24. The highest BCUT2D eigenvalue weighted by Crippen LogP contribution is 2.35. The first-order valence-corrected chi connectivity index (χ1v) is 9.77. The smallest absolute Gasteiger partial charge is 0.256 e. The number of hydrogen-bond acceptors (Lipinski definition) is 4. The summed E-state index contributed by atoms with van der Waals surface area (Å²) in [4.78, 5) is 17.9. The summed E-state index contributed by atoms with van der Waals surface area (Å²) >= 11 is 0. The van der Waals surface area contributed by atoms with Crippen molar-refractivity contribution in [2.24, 2.45) is 0 Å². The van der Waals surface area contributed by atoms with Gasteiger partial charge >= 0.3 is 0 Å². The number of carbonyl (C=O) groups is 1. The Morgan fingerprint density at radius 2 is 1.80 bits per heavy atom. The molecule has 0 aliphatic carbocycles. The van der Waals surface area contributed by atoms with Gasteiger partial charge in [0.25, 0.3) is 5.91 Å². The van der Waals surface area contributed by atoms with E-state index < -0.39 is 5.91 Å². The van der Waals surface area contributed by atoms with Gasteiger partial charge in [0.05, 0.1) is 17.1 Å². The molecule has 6 heteroatoms.